The van der Waals surface area contributed by atoms with Crippen molar-refractivity contribution in [3.63, 3.8) is 0 Å². The third kappa shape index (κ3) is 2.92. The third-order valence-electron chi connectivity index (χ3n) is 3.68. The van der Waals surface area contributed by atoms with Crippen molar-refractivity contribution in [2.24, 2.45) is 0 Å². The van der Waals surface area contributed by atoms with E-state index in [1.165, 1.54) is 11.1 Å². The summed E-state index contributed by atoms with van der Waals surface area (Å²) in [6.07, 6.45) is 1.86. The quantitative estimate of drug-likeness (QED) is 0.724. The van der Waals surface area contributed by atoms with Gasteiger partial charge in [0.15, 0.2) is 5.65 Å². The van der Waals surface area contributed by atoms with Crippen LogP contribution in [0.3, 0.4) is 0 Å². The number of aryl methyl sites for hydroxylation is 1. The summed E-state index contributed by atoms with van der Waals surface area (Å²) in [5.74, 6) is 1.20. The van der Waals surface area contributed by atoms with Gasteiger partial charge >= 0.3 is 0 Å². The van der Waals surface area contributed by atoms with Crippen molar-refractivity contribution in [3.05, 3.63) is 58.4 Å². The minimum absolute atomic E-state index is 0.355. The van der Waals surface area contributed by atoms with Gasteiger partial charge in [0.25, 0.3) is 0 Å². The van der Waals surface area contributed by atoms with Crippen LogP contribution >= 0.6 is 11.6 Å². The zero-order chi connectivity index (χ0) is 15.7. The van der Waals surface area contributed by atoms with Crippen LogP contribution < -0.4 is 5.32 Å². The van der Waals surface area contributed by atoms with Crippen LogP contribution in [0.4, 0.5) is 5.82 Å². The summed E-state index contributed by atoms with van der Waals surface area (Å²) in [6.45, 7) is 7.05. The molecule has 0 aliphatic heterocycles. The second-order valence-corrected chi connectivity index (χ2v) is 6.18. The van der Waals surface area contributed by atoms with Crippen LogP contribution in [-0.2, 0) is 6.54 Å². The molecule has 1 aromatic carbocycles. The summed E-state index contributed by atoms with van der Waals surface area (Å²) in [4.78, 5) is 4.41. The van der Waals surface area contributed by atoms with Gasteiger partial charge in [0, 0.05) is 18.2 Å². The highest BCUT2D eigenvalue weighted by Gasteiger charge is 2.13. The minimum Gasteiger partial charge on any atom is -0.366 e. The Morgan fingerprint density at radius 2 is 1.95 bits per heavy atom. The molecule has 0 saturated carbocycles. The Kier molecular flexibility index (Phi) is 4.03. The highest BCUT2D eigenvalue weighted by molar-refractivity contribution is 6.29. The molecule has 3 rings (SSSR count). The summed E-state index contributed by atoms with van der Waals surface area (Å²) in [6, 6.07) is 10.3. The first-order chi connectivity index (χ1) is 10.5. The van der Waals surface area contributed by atoms with Crippen LogP contribution in [0, 0.1) is 6.92 Å². The number of nitrogens with zero attached hydrogens (tertiary/aromatic N) is 3. The van der Waals surface area contributed by atoms with Gasteiger partial charge in [-0.2, -0.15) is 9.61 Å². The van der Waals surface area contributed by atoms with Crippen molar-refractivity contribution in [1.29, 1.82) is 0 Å². The highest BCUT2D eigenvalue weighted by Crippen LogP contribution is 2.24. The summed E-state index contributed by atoms with van der Waals surface area (Å²) in [7, 11) is 0. The molecule has 2 heterocycles. The molecule has 22 heavy (non-hydrogen) atoms. The first-order valence-electron chi connectivity index (χ1n) is 7.38. The van der Waals surface area contributed by atoms with Crippen LogP contribution in [0.15, 0.2) is 36.5 Å². The molecule has 4 nitrogen and oxygen atoms in total. The Morgan fingerprint density at radius 3 is 2.64 bits per heavy atom. The molecular formula is C17H19ClN4. The van der Waals surface area contributed by atoms with Crippen LogP contribution in [-0.4, -0.2) is 14.6 Å². The van der Waals surface area contributed by atoms with Crippen molar-refractivity contribution in [2.45, 2.75) is 33.2 Å². The van der Waals surface area contributed by atoms with Crippen molar-refractivity contribution in [3.8, 4) is 0 Å². The number of hydrogen-bond acceptors (Lipinski definition) is 3. The largest absolute Gasteiger partial charge is 0.366 e. The molecule has 2 aromatic heterocycles. The van der Waals surface area contributed by atoms with E-state index in [1.54, 1.807) is 6.07 Å². The molecule has 0 saturated heterocycles. The Bertz CT molecular complexity index is 790. The predicted molar refractivity (Wildman–Crippen MR) is 90.6 cm³/mol. The van der Waals surface area contributed by atoms with E-state index >= 15 is 0 Å². The lowest BCUT2D eigenvalue weighted by atomic mass is 10.1. The first-order valence-corrected chi connectivity index (χ1v) is 7.76. The standard InChI is InChI=1S/C17H19ClN4/c1-11(2)14-10-20-22-16(8-15(18)21-17(14)22)19-9-13-6-4-12(3)5-7-13/h4-8,10-11,19H,9H2,1-3H3. The second-order valence-electron chi connectivity index (χ2n) is 5.79. The molecule has 0 aliphatic rings. The third-order valence-corrected chi connectivity index (χ3v) is 3.88. The molecular weight excluding hydrogens is 296 g/mol. The Morgan fingerprint density at radius 1 is 1.23 bits per heavy atom. The Hall–Kier alpha value is -2.07. The maximum atomic E-state index is 6.17. The van der Waals surface area contributed by atoms with Crippen LogP contribution in [0.1, 0.15) is 36.5 Å². The van der Waals surface area contributed by atoms with Gasteiger partial charge in [-0.25, -0.2) is 4.98 Å². The molecule has 0 bridgehead atoms. The van der Waals surface area contributed by atoms with Crippen LogP contribution in [0.5, 0.6) is 0 Å². The Labute approximate surface area is 135 Å². The number of anilines is 1. The molecule has 0 atom stereocenters. The van der Waals surface area contributed by atoms with Crippen molar-refractivity contribution < 1.29 is 0 Å². The highest BCUT2D eigenvalue weighted by atomic mass is 35.5. The van der Waals surface area contributed by atoms with Gasteiger partial charge in [0.2, 0.25) is 0 Å². The zero-order valence-corrected chi connectivity index (χ0v) is 13.7. The number of nitrogens with one attached hydrogen (secondary N) is 1. The van der Waals surface area contributed by atoms with Gasteiger partial charge < -0.3 is 5.32 Å². The summed E-state index contributed by atoms with van der Waals surface area (Å²) in [5, 5.41) is 8.31. The van der Waals surface area contributed by atoms with Crippen LogP contribution in [0.25, 0.3) is 5.65 Å². The molecule has 1 N–H and O–H groups in total. The summed E-state index contributed by atoms with van der Waals surface area (Å²) in [5.41, 5.74) is 4.38. The van der Waals surface area contributed by atoms with Gasteiger partial charge in [0.1, 0.15) is 11.0 Å². The number of rotatable bonds is 4. The molecule has 0 unspecified atom stereocenters. The minimum atomic E-state index is 0.355. The van der Waals surface area contributed by atoms with E-state index in [1.807, 2.05) is 10.7 Å². The lowest BCUT2D eigenvalue weighted by molar-refractivity contribution is 0.871. The van der Waals surface area contributed by atoms with Crippen LogP contribution in [0.2, 0.25) is 5.15 Å². The van der Waals surface area contributed by atoms with Gasteiger partial charge in [-0.3, -0.25) is 0 Å². The molecule has 0 amide bonds. The normalized spacial score (nSPS) is 11.3. The average Bonchev–Trinajstić information content (AvgIpc) is 2.90. The van der Waals surface area contributed by atoms with E-state index in [0.29, 0.717) is 17.6 Å². The molecule has 3 aromatic rings. The van der Waals surface area contributed by atoms with E-state index in [9.17, 15) is 0 Å². The number of aromatic nitrogens is 3. The second kappa shape index (κ2) is 5.97. The Balaban J connectivity index is 1.91. The molecule has 5 heteroatoms. The van der Waals surface area contributed by atoms with Gasteiger partial charge in [-0.1, -0.05) is 55.3 Å². The fourth-order valence-corrected chi connectivity index (χ4v) is 2.57. The summed E-state index contributed by atoms with van der Waals surface area (Å²) >= 11 is 6.17. The summed E-state index contributed by atoms with van der Waals surface area (Å²) < 4.78 is 1.81. The number of hydrogen-bond donors (Lipinski definition) is 1. The zero-order valence-electron chi connectivity index (χ0n) is 13.0. The van der Waals surface area contributed by atoms with E-state index in [0.717, 1.165) is 17.0 Å². The number of halogens is 1. The number of fused-ring (bicyclic) bond motifs is 1. The maximum Gasteiger partial charge on any atom is 0.162 e. The topological polar surface area (TPSA) is 42.2 Å². The molecule has 0 aliphatic carbocycles. The number of benzene rings is 1. The fraction of sp³-hybridized carbons (Fsp3) is 0.294. The lowest BCUT2D eigenvalue weighted by Crippen LogP contribution is -2.06. The molecule has 0 spiro atoms. The molecule has 114 valence electrons. The van der Waals surface area contributed by atoms with E-state index < -0.39 is 0 Å². The van der Waals surface area contributed by atoms with Crippen molar-refractivity contribution in [1.82, 2.24) is 14.6 Å². The van der Waals surface area contributed by atoms with Crippen molar-refractivity contribution >= 4 is 23.1 Å². The first kappa shape index (κ1) is 14.9. The lowest BCUT2D eigenvalue weighted by Gasteiger charge is -2.10. The maximum absolute atomic E-state index is 6.17. The van der Waals surface area contributed by atoms with E-state index in [-0.39, 0.29) is 0 Å². The van der Waals surface area contributed by atoms with Gasteiger partial charge in [-0.05, 0) is 18.4 Å². The average molecular weight is 315 g/mol. The fourth-order valence-electron chi connectivity index (χ4n) is 2.38. The van der Waals surface area contributed by atoms with E-state index in [4.69, 9.17) is 11.6 Å². The SMILES string of the molecule is Cc1ccc(CNc2cc(Cl)nc3c(C(C)C)cnn23)cc1. The smallest absolute Gasteiger partial charge is 0.162 e. The van der Waals surface area contributed by atoms with E-state index in [2.05, 4.69) is 60.4 Å². The van der Waals surface area contributed by atoms with Gasteiger partial charge in [0.05, 0.1) is 6.20 Å². The van der Waals surface area contributed by atoms with Crippen molar-refractivity contribution in [2.75, 3.05) is 5.32 Å². The molecule has 0 fully saturated rings. The monoisotopic (exact) mass is 314 g/mol. The molecule has 0 radical (unpaired) electrons. The van der Waals surface area contributed by atoms with Gasteiger partial charge in [-0.15, -0.1) is 0 Å². The predicted octanol–water partition coefficient (Wildman–Crippen LogP) is 4.43.